The van der Waals surface area contributed by atoms with Crippen LogP contribution < -0.4 is 10.6 Å². The van der Waals surface area contributed by atoms with Crippen LogP contribution in [0, 0.1) is 0 Å². The van der Waals surface area contributed by atoms with E-state index in [-0.39, 0.29) is 69.1 Å². The van der Waals surface area contributed by atoms with Crippen LogP contribution in [0.15, 0.2) is 0 Å². The Morgan fingerprint density at radius 1 is 0.364 bits per heavy atom. The zero-order valence-electron chi connectivity index (χ0n) is 71.9. The van der Waals surface area contributed by atoms with Crippen molar-refractivity contribution in [3.8, 4) is 0 Å². The van der Waals surface area contributed by atoms with Gasteiger partial charge in [0.05, 0.1) is 53.0 Å². The summed E-state index contributed by atoms with van der Waals surface area (Å²) in [5.41, 5.74) is -1.04. The highest BCUT2D eigenvalue weighted by Crippen LogP contribution is 2.38. The van der Waals surface area contributed by atoms with Crippen molar-refractivity contribution in [2.45, 2.75) is 527 Å². The molecule has 1 saturated heterocycles. The van der Waals surface area contributed by atoms with Gasteiger partial charge in [-0.25, -0.2) is 5.26 Å². The van der Waals surface area contributed by atoms with Gasteiger partial charge in [0.2, 0.25) is 11.8 Å². The van der Waals surface area contributed by atoms with Crippen molar-refractivity contribution in [2.24, 2.45) is 0 Å². The molecule has 1 aliphatic heterocycles. The normalized spacial score (nSPS) is 16.6. The van der Waals surface area contributed by atoms with Gasteiger partial charge in [-0.3, -0.25) is 28.8 Å². The van der Waals surface area contributed by atoms with Gasteiger partial charge in [-0.1, -0.05) is 387 Å². The molecule has 4 N–H and O–H groups in total. The molecule has 9 atom stereocenters. The molecular weight excluding hydrogens is 1410 g/mol. The first-order chi connectivity index (χ1) is 53.9. The summed E-state index contributed by atoms with van der Waals surface area (Å²) in [6, 6.07) is -1.29. The van der Waals surface area contributed by atoms with E-state index in [1.165, 1.54) is 218 Å². The monoisotopic (exact) mass is 1580 g/mol. The fourth-order valence-electron chi connectivity index (χ4n) is 15.2. The second kappa shape index (κ2) is 79.8. The third kappa shape index (κ3) is 64.2. The molecule has 1 fully saturated rings. The number of hydrogen-bond donors (Lipinski definition) is 4. The molecule has 0 aromatic carbocycles. The third-order valence-corrected chi connectivity index (χ3v) is 23.3. The summed E-state index contributed by atoms with van der Waals surface area (Å²) in [6.45, 7) is 12.6. The molecule has 1 heterocycles. The molecule has 2 amide bonds. The Balaban J connectivity index is 3.62. The molecule has 0 spiro atoms. The number of aliphatic hydroxyl groups excluding tert-OH is 1. The van der Waals surface area contributed by atoms with Gasteiger partial charge >= 0.3 is 23.9 Å². The maximum atomic E-state index is 14.9. The molecule has 1 aliphatic rings. The van der Waals surface area contributed by atoms with Crippen LogP contribution in [0.5, 0.6) is 0 Å². The van der Waals surface area contributed by atoms with E-state index in [2.05, 4.69) is 57.2 Å². The highest BCUT2D eigenvalue weighted by Gasteiger charge is 2.50. The van der Waals surface area contributed by atoms with Gasteiger partial charge < -0.3 is 44.2 Å². The quantitative estimate of drug-likeness (QED) is 0.0111. The summed E-state index contributed by atoms with van der Waals surface area (Å²) in [4.78, 5) is 84.5. The van der Waals surface area contributed by atoms with Crippen molar-refractivity contribution in [1.82, 2.24) is 10.6 Å². The Morgan fingerprint density at radius 3 is 0.945 bits per heavy atom. The summed E-state index contributed by atoms with van der Waals surface area (Å²) in [5.74, 6) is -2.61. The number of nitrogens with one attached hydrogen (secondary N) is 2. The first-order valence-corrected chi connectivity index (χ1v) is 47.8. The summed E-state index contributed by atoms with van der Waals surface area (Å²) < 4.78 is 43.1. The van der Waals surface area contributed by atoms with Gasteiger partial charge in [0, 0.05) is 25.8 Å². The highest BCUT2D eigenvalue weighted by atomic mass is 31.1. The lowest BCUT2D eigenvalue weighted by Crippen LogP contribution is -2.65. The van der Waals surface area contributed by atoms with E-state index >= 15 is 0 Å². The summed E-state index contributed by atoms with van der Waals surface area (Å²) >= 11 is 0. The van der Waals surface area contributed by atoms with Crippen LogP contribution in [-0.2, 0) is 66.9 Å². The third-order valence-electron chi connectivity index (χ3n) is 22.1. The average molecular weight is 1580 g/mol. The second-order valence-electron chi connectivity index (χ2n) is 32.6. The molecule has 0 bridgehead atoms. The predicted molar refractivity (Wildman–Crippen MR) is 451 cm³/mol. The van der Waals surface area contributed by atoms with E-state index < -0.39 is 75.8 Å². The maximum Gasteiger partial charge on any atom is 0.309 e. The Kier molecular flexibility index (Phi) is 76.2. The van der Waals surface area contributed by atoms with Crippen LogP contribution in [0.25, 0.3) is 0 Å². The minimum absolute atomic E-state index is 0.0153. The van der Waals surface area contributed by atoms with E-state index in [0.717, 1.165) is 148 Å². The number of carbonyl (C=O) groups excluding carboxylic acids is 6. The zero-order valence-corrected chi connectivity index (χ0v) is 72.9. The van der Waals surface area contributed by atoms with Crippen molar-refractivity contribution >= 4 is 44.5 Å². The molecule has 0 aliphatic carbocycles. The SMILES string of the molecule is CCCCCCCCCCCCCC(=O)OC(CCCCCCCCCCC)CC(=O)NCCO[C@@H]1OC(CO)[C@H](POOO)[C@H](OC(=O)CC(CCCCCCCCCCC)OC(=O)CCCCCCCCCCCCC)C1NC(=O)CC(CCCCCCCCCC)OC(=O)CCCCCCCCCCCCC. The smallest absolute Gasteiger partial charge is 0.309 e. The van der Waals surface area contributed by atoms with E-state index in [1.54, 1.807) is 0 Å². The number of hydrogen-bond acceptors (Lipinski definition) is 16. The average Bonchev–Trinajstić information content (AvgIpc) is 0.787. The van der Waals surface area contributed by atoms with E-state index in [1.807, 2.05) is 0 Å². The van der Waals surface area contributed by atoms with Crippen LogP contribution >= 0.6 is 8.81 Å². The van der Waals surface area contributed by atoms with Crippen LogP contribution in [0.4, 0.5) is 0 Å². The molecule has 18 nitrogen and oxygen atoms in total. The Bertz CT molecular complexity index is 2090. The molecular formula is C91H173N2O16P. The van der Waals surface area contributed by atoms with Crippen molar-refractivity contribution in [1.29, 1.82) is 0 Å². The number of esters is 4. The Labute approximate surface area is 675 Å². The van der Waals surface area contributed by atoms with Crippen LogP contribution in [0.2, 0.25) is 0 Å². The van der Waals surface area contributed by atoms with Crippen molar-refractivity contribution in [3.63, 3.8) is 0 Å². The molecule has 0 radical (unpaired) electrons. The van der Waals surface area contributed by atoms with Gasteiger partial charge in [-0.2, -0.15) is 4.67 Å². The van der Waals surface area contributed by atoms with E-state index in [4.69, 9.17) is 33.1 Å². The number of rotatable bonds is 84. The number of unbranched alkanes of at least 4 members (excludes halogenated alkanes) is 53. The fraction of sp³-hybridized carbons (Fsp3) is 0.934. The molecule has 6 unspecified atom stereocenters. The maximum absolute atomic E-state index is 14.9. The van der Waals surface area contributed by atoms with Gasteiger partial charge in [0.1, 0.15) is 30.5 Å². The topological polar surface area (TPSA) is 241 Å². The number of amides is 2. The highest BCUT2D eigenvalue weighted by molar-refractivity contribution is 7.33. The minimum Gasteiger partial charge on any atom is -0.462 e. The fourth-order valence-corrected chi connectivity index (χ4v) is 16.1. The Morgan fingerprint density at radius 2 is 0.645 bits per heavy atom. The molecule has 0 aromatic rings. The molecule has 19 heteroatoms. The summed E-state index contributed by atoms with van der Waals surface area (Å²) in [6.07, 6.45) is 62.3. The zero-order chi connectivity index (χ0) is 80.1. The Hall–Kier alpha value is -2.99. The van der Waals surface area contributed by atoms with Gasteiger partial charge in [-0.15, -0.1) is 0 Å². The van der Waals surface area contributed by atoms with Gasteiger partial charge in [0.15, 0.2) is 6.29 Å². The molecule has 110 heavy (non-hydrogen) atoms. The van der Waals surface area contributed by atoms with Gasteiger partial charge in [-0.05, 0) is 57.8 Å². The lowest BCUT2D eigenvalue weighted by molar-refractivity contribution is -0.435. The van der Waals surface area contributed by atoms with Crippen molar-refractivity contribution in [2.75, 3.05) is 19.8 Å². The summed E-state index contributed by atoms with van der Waals surface area (Å²) in [5, 5.41) is 30.9. The number of ether oxygens (including phenoxy) is 6. The van der Waals surface area contributed by atoms with Crippen molar-refractivity contribution in [3.05, 3.63) is 0 Å². The number of aliphatic hydroxyl groups is 1. The molecule has 0 saturated carbocycles. The van der Waals surface area contributed by atoms with Crippen molar-refractivity contribution < 1.29 is 77.3 Å². The first kappa shape index (κ1) is 105. The minimum atomic E-state index is -1.39. The van der Waals surface area contributed by atoms with Crippen LogP contribution in [0.1, 0.15) is 478 Å². The standard InChI is InChI=1S/C91H173N2O16P/c1-7-13-19-25-31-37-40-45-51-57-63-69-84(97)103-78(66-60-55-49-43-34-28-22-16-10-4)74-82(95)92-72-73-102-91-88(93-83(96)75-79(67-61-54-48-36-30-24-18-12-6)104-85(98)70-64-58-52-46-41-38-32-26-20-14-8-2)89(90(110-109-108-101)81(77-94)106-91)107-87(100)76-80(68-62-56-50-44-35-29-23-17-11-5)105-86(99)71-65-59-53-47-42-39-33-27-21-15-9-3/h78-81,88-91,94,101,110H,7-77H2,1-6H3,(H,92,95)(H,93,96)/t78?,79?,80?,81?,88?,89-,90+,91-/m1/s1. The van der Waals surface area contributed by atoms with Gasteiger partial charge in [0.25, 0.3) is 0 Å². The lowest BCUT2D eigenvalue weighted by Gasteiger charge is -2.45. The predicted octanol–water partition coefficient (Wildman–Crippen LogP) is 25.0. The molecule has 1 rings (SSSR count). The van der Waals surface area contributed by atoms with E-state index in [9.17, 15) is 39.1 Å². The first-order valence-electron chi connectivity index (χ1n) is 46.8. The van der Waals surface area contributed by atoms with E-state index in [0.29, 0.717) is 38.5 Å². The second-order valence-corrected chi connectivity index (χ2v) is 33.7. The van der Waals surface area contributed by atoms with Crippen LogP contribution in [0.3, 0.4) is 0 Å². The number of carbonyl (C=O) groups is 6. The molecule has 0 aromatic heterocycles. The molecule has 648 valence electrons. The lowest BCUT2D eigenvalue weighted by atomic mass is 9.98. The largest absolute Gasteiger partial charge is 0.462 e. The van der Waals surface area contributed by atoms with Crippen LogP contribution in [-0.4, -0.2) is 114 Å². The summed E-state index contributed by atoms with van der Waals surface area (Å²) in [7, 11) is -0.798.